The molecule has 1 aromatic heterocycles. The molecule has 0 spiro atoms. The molecule has 23 heavy (non-hydrogen) atoms. The number of pyridine rings is 1. The van der Waals surface area contributed by atoms with Gasteiger partial charge in [-0.05, 0) is 38.7 Å². The van der Waals surface area contributed by atoms with Gasteiger partial charge >= 0.3 is 0 Å². The van der Waals surface area contributed by atoms with Gasteiger partial charge in [0.25, 0.3) is 5.91 Å². The second-order valence-corrected chi connectivity index (χ2v) is 5.77. The molecule has 1 atom stereocenters. The quantitative estimate of drug-likeness (QED) is 0.825. The topological polar surface area (TPSA) is 57.3 Å². The fraction of sp³-hybridized carbons (Fsp3) is 0.333. The summed E-state index contributed by atoms with van der Waals surface area (Å²) in [6, 6.07) is 13.8. The van der Waals surface area contributed by atoms with Gasteiger partial charge < -0.3 is 15.5 Å². The molecule has 2 rings (SSSR count). The highest BCUT2D eigenvalue weighted by molar-refractivity contribution is 5.94. The number of anilines is 1. The summed E-state index contributed by atoms with van der Waals surface area (Å²) in [7, 11) is 3.96. The molecular weight excluding hydrogens is 288 g/mol. The third-order valence-electron chi connectivity index (χ3n) is 3.53. The number of nitrogens with zero attached hydrogens (tertiary/aromatic N) is 2. The Kier molecular flexibility index (Phi) is 6.11. The number of amides is 1. The van der Waals surface area contributed by atoms with Crippen molar-refractivity contribution in [3.8, 4) is 0 Å². The van der Waals surface area contributed by atoms with Crippen LogP contribution in [0.5, 0.6) is 0 Å². The van der Waals surface area contributed by atoms with Crippen molar-refractivity contribution in [3.63, 3.8) is 0 Å². The zero-order valence-electron chi connectivity index (χ0n) is 13.9. The van der Waals surface area contributed by atoms with E-state index in [1.54, 1.807) is 18.3 Å². The van der Waals surface area contributed by atoms with Crippen molar-refractivity contribution in [2.45, 2.75) is 13.0 Å². The first-order valence-electron chi connectivity index (χ1n) is 7.76. The maximum Gasteiger partial charge on any atom is 0.251 e. The molecule has 1 aromatic carbocycles. The number of hydrogen-bond donors (Lipinski definition) is 2. The molecule has 0 saturated carbocycles. The molecule has 0 fully saturated rings. The Bertz CT molecular complexity index is 628. The minimum absolute atomic E-state index is 0.0790. The fourth-order valence-corrected chi connectivity index (χ4v) is 2.19. The zero-order valence-corrected chi connectivity index (χ0v) is 13.9. The van der Waals surface area contributed by atoms with Gasteiger partial charge in [-0.1, -0.05) is 30.3 Å². The lowest BCUT2D eigenvalue weighted by molar-refractivity contribution is 0.0951. The van der Waals surface area contributed by atoms with Gasteiger partial charge in [0.05, 0.1) is 0 Å². The first kappa shape index (κ1) is 17.0. The van der Waals surface area contributed by atoms with E-state index in [2.05, 4.69) is 34.7 Å². The van der Waals surface area contributed by atoms with Crippen molar-refractivity contribution >= 4 is 11.7 Å². The molecular formula is C18H24N4O. The minimum atomic E-state index is -0.0790. The highest BCUT2D eigenvalue weighted by atomic mass is 16.1. The number of aromatic nitrogens is 1. The lowest BCUT2D eigenvalue weighted by Crippen LogP contribution is -2.31. The van der Waals surface area contributed by atoms with E-state index in [1.165, 1.54) is 5.56 Å². The van der Waals surface area contributed by atoms with Gasteiger partial charge in [0, 0.05) is 30.9 Å². The van der Waals surface area contributed by atoms with E-state index in [0.29, 0.717) is 17.9 Å². The van der Waals surface area contributed by atoms with Crippen LogP contribution < -0.4 is 10.6 Å². The summed E-state index contributed by atoms with van der Waals surface area (Å²) in [6.45, 7) is 3.51. The van der Waals surface area contributed by atoms with Crippen molar-refractivity contribution in [1.29, 1.82) is 0 Å². The summed E-state index contributed by atoms with van der Waals surface area (Å²) in [4.78, 5) is 18.5. The van der Waals surface area contributed by atoms with Crippen molar-refractivity contribution in [2.75, 3.05) is 32.5 Å². The van der Waals surface area contributed by atoms with Crippen LogP contribution in [-0.4, -0.2) is 43.0 Å². The van der Waals surface area contributed by atoms with E-state index in [4.69, 9.17) is 0 Å². The summed E-state index contributed by atoms with van der Waals surface area (Å²) in [5, 5.41) is 6.23. The molecule has 0 aliphatic heterocycles. The summed E-state index contributed by atoms with van der Waals surface area (Å²) < 4.78 is 0. The molecule has 0 aliphatic rings. The zero-order chi connectivity index (χ0) is 16.7. The number of hydrogen-bond acceptors (Lipinski definition) is 4. The molecule has 1 unspecified atom stereocenters. The van der Waals surface area contributed by atoms with Gasteiger partial charge in [-0.2, -0.15) is 0 Å². The number of carbonyl (C=O) groups excluding carboxylic acids is 1. The van der Waals surface area contributed by atoms with Crippen LogP contribution in [0.3, 0.4) is 0 Å². The largest absolute Gasteiger partial charge is 0.364 e. The number of nitrogens with one attached hydrogen (secondary N) is 2. The summed E-state index contributed by atoms with van der Waals surface area (Å²) in [5.74, 6) is 0.617. The van der Waals surface area contributed by atoms with E-state index in [-0.39, 0.29) is 11.9 Å². The van der Waals surface area contributed by atoms with Gasteiger partial charge in [0.15, 0.2) is 0 Å². The molecule has 0 saturated heterocycles. The molecule has 0 radical (unpaired) electrons. The number of rotatable bonds is 7. The first-order valence-corrected chi connectivity index (χ1v) is 7.76. The van der Waals surface area contributed by atoms with E-state index in [1.807, 2.05) is 37.2 Å². The van der Waals surface area contributed by atoms with E-state index < -0.39 is 0 Å². The predicted molar refractivity (Wildman–Crippen MR) is 93.6 cm³/mol. The van der Waals surface area contributed by atoms with Crippen LogP contribution in [0.25, 0.3) is 0 Å². The van der Waals surface area contributed by atoms with Crippen molar-refractivity contribution in [2.24, 2.45) is 0 Å². The lowest BCUT2D eigenvalue weighted by Gasteiger charge is -2.15. The third-order valence-corrected chi connectivity index (χ3v) is 3.53. The maximum absolute atomic E-state index is 12.1. The molecule has 1 heterocycles. The average Bonchev–Trinajstić information content (AvgIpc) is 2.55. The molecule has 5 heteroatoms. The molecule has 122 valence electrons. The summed E-state index contributed by atoms with van der Waals surface area (Å²) in [6.07, 6.45) is 1.65. The Morgan fingerprint density at radius 2 is 1.96 bits per heavy atom. The standard InChI is InChI=1S/C18H24N4O/c1-14(15-7-5-4-6-8-15)21-17-13-16(9-10-19-17)18(23)20-11-12-22(2)3/h4-10,13-14H,11-12H2,1-3H3,(H,19,21)(H,20,23). The van der Waals surface area contributed by atoms with Crippen LogP contribution in [-0.2, 0) is 0 Å². The Balaban J connectivity index is 1.98. The van der Waals surface area contributed by atoms with Gasteiger partial charge in [-0.15, -0.1) is 0 Å². The fourth-order valence-electron chi connectivity index (χ4n) is 2.19. The normalized spacial score (nSPS) is 12.0. The van der Waals surface area contributed by atoms with E-state index in [9.17, 15) is 4.79 Å². The van der Waals surface area contributed by atoms with Crippen LogP contribution in [0.15, 0.2) is 48.7 Å². The number of likely N-dealkylation sites (N-methyl/N-ethyl adjacent to an activating group) is 1. The lowest BCUT2D eigenvalue weighted by atomic mass is 10.1. The molecule has 2 aromatic rings. The summed E-state index contributed by atoms with van der Waals surface area (Å²) in [5.41, 5.74) is 1.79. The van der Waals surface area contributed by atoms with Crippen molar-refractivity contribution < 1.29 is 4.79 Å². The van der Waals surface area contributed by atoms with Crippen LogP contribution in [0.4, 0.5) is 5.82 Å². The third kappa shape index (κ3) is 5.38. The van der Waals surface area contributed by atoms with Crippen LogP contribution in [0, 0.1) is 0 Å². The SMILES string of the molecule is CC(Nc1cc(C(=O)NCCN(C)C)ccn1)c1ccccc1. The molecule has 2 N–H and O–H groups in total. The molecule has 1 amide bonds. The maximum atomic E-state index is 12.1. The minimum Gasteiger partial charge on any atom is -0.364 e. The highest BCUT2D eigenvalue weighted by Gasteiger charge is 2.09. The molecule has 0 bridgehead atoms. The number of benzene rings is 1. The molecule has 0 aliphatic carbocycles. The Hall–Kier alpha value is -2.40. The van der Waals surface area contributed by atoms with Crippen molar-refractivity contribution in [3.05, 3.63) is 59.8 Å². The van der Waals surface area contributed by atoms with Crippen molar-refractivity contribution in [1.82, 2.24) is 15.2 Å². The smallest absolute Gasteiger partial charge is 0.251 e. The average molecular weight is 312 g/mol. The molecule has 5 nitrogen and oxygen atoms in total. The monoisotopic (exact) mass is 312 g/mol. The number of carbonyl (C=O) groups is 1. The van der Waals surface area contributed by atoms with Gasteiger partial charge in [0.1, 0.15) is 5.82 Å². The van der Waals surface area contributed by atoms with Crippen LogP contribution >= 0.6 is 0 Å². The second-order valence-electron chi connectivity index (χ2n) is 5.77. The Morgan fingerprint density at radius 1 is 1.22 bits per heavy atom. The van der Waals surface area contributed by atoms with Gasteiger partial charge in [-0.25, -0.2) is 4.98 Å². The van der Waals surface area contributed by atoms with Crippen LogP contribution in [0.2, 0.25) is 0 Å². The van der Waals surface area contributed by atoms with Crippen LogP contribution in [0.1, 0.15) is 28.9 Å². The second kappa shape index (κ2) is 8.29. The first-order chi connectivity index (χ1) is 11.1. The Labute approximate surface area is 137 Å². The van der Waals surface area contributed by atoms with Gasteiger partial charge in [0.2, 0.25) is 0 Å². The van der Waals surface area contributed by atoms with E-state index >= 15 is 0 Å². The summed E-state index contributed by atoms with van der Waals surface area (Å²) >= 11 is 0. The highest BCUT2D eigenvalue weighted by Crippen LogP contribution is 2.17. The van der Waals surface area contributed by atoms with E-state index in [0.717, 1.165) is 6.54 Å². The van der Waals surface area contributed by atoms with Gasteiger partial charge in [-0.3, -0.25) is 4.79 Å². The predicted octanol–water partition coefficient (Wildman–Crippen LogP) is 2.55. The Morgan fingerprint density at radius 3 is 2.65 bits per heavy atom.